The van der Waals surface area contributed by atoms with Crippen LogP contribution in [0.1, 0.15) is 48.9 Å². The molecule has 1 amide bonds. The van der Waals surface area contributed by atoms with Crippen LogP contribution in [0.4, 0.5) is 0 Å². The van der Waals surface area contributed by atoms with Crippen molar-refractivity contribution >= 4 is 15.9 Å². The summed E-state index contributed by atoms with van der Waals surface area (Å²) < 4.78 is 27.9. The second kappa shape index (κ2) is 9.31. The third-order valence-electron chi connectivity index (χ3n) is 4.45. The summed E-state index contributed by atoms with van der Waals surface area (Å²) in [6.45, 7) is 1.30. The molecule has 0 unspecified atom stereocenters. The summed E-state index contributed by atoms with van der Waals surface area (Å²) in [5.74, 6) is -0.192. The molecule has 1 fully saturated rings. The minimum absolute atomic E-state index is 0.0153. The Balaban J connectivity index is 1.96. The topological polar surface area (TPSA) is 78.5 Å². The third kappa shape index (κ3) is 6.41. The van der Waals surface area contributed by atoms with Gasteiger partial charge in [-0.25, -0.2) is 13.1 Å². The molecule has 1 saturated carbocycles. The third-order valence-corrected chi connectivity index (χ3v) is 5.98. The van der Waals surface area contributed by atoms with Crippen LogP contribution in [-0.2, 0) is 10.0 Å². The molecule has 7 heteroatoms. The largest absolute Gasteiger partial charge is 0.351 e. The first-order valence-electron chi connectivity index (χ1n) is 8.94. The molecule has 0 aromatic heterocycles. The van der Waals surface area contributed by atoms with E-state index in [-0.39, 0.29) is 16.8 Å². The van der Waals surface area contributed by atoms with Gasteiger partial charge in [0.2, 0.25) is 10.0 Å². The van der Waals surface area contributed by atoms with Crippen LogP contribution in [0, 0.1) is 0 Å². The normalized spacial score (nSPS) is 16.6. The van der Waals surface area contributed by atoms with Crippen LogP contribution in [0.3, 0.4) is 0 Å². The van der Waals surface area contributed by atoms with E-state index < -0.39 is 10.0 Å². The van der Waals surface area contributed by atoms with Gasteiger partial charge in [-0.15, -0.1) is 0 Å². The zero-order chi connectivity index (χ0) is 18.3. The van der Waals surface area contributed by atoms with E-state index >= 15 is 0 Å². The lowest BCUT2D eigenvalue weighted by Gasteiger charge is -2.16. The molecule has 6 nitrogen and oxygen atoms in total. The predicted molar refractivity (Wildman–Crippen MR) is 99.1 cm³/mol. The number of benzene rings is 1. The molecule has 2 rings (SSSR count). The summed E-state index contributed by atoms with van der Waals surface area (Å²) >= 11 is 0. The van der Waals surface area contributed by atoms with Gasteiger partial charge in [-0.3, -0.25) is 4.79 Å². The van der Waals surface area contributed by atoms with Crippen LogP contribution in [0.25, 0.3) is 0 Å². The number of hydrogen-bond acceptors (Lipinski definition) is 4. The summed E-state index contributed by atoms with van der Waals surface area (Å²) in [6, 6.07) is 6.14. The summed E-state index contributed by atoms with van der Waals surface area (Å²) in [5, 5.41) is 2.82. The first kappa shape index (κ1) is 19.9. The number of hydrogen-bond donors (Lipinski definition) is 2. The molecule has 1 aromatic carbocycles. The van der Waals surface area contributed by atoms with Gasteiger partial charge in [0.05, 0.1) is 4.90 Å². The number of carbonyl (C=O) groups excluding carboxylic acids is 1. The Kier molecular flexibility index (Phi) is 7.40. The van der Waals surface area contributed by atoms with Crippen LogP contribution in [0.2, 0.25) is 0 Å². The number of rotatable bonds is 7. The molecule has 0 atom stereocenters. The molecule has 25 heavy (non-hydrogen) atoms. The highest BCUT2D eigenvalue weighted by Gasteiger charge is 2.21. The maximum absolute atomic E-state index is 12.5. The average Bonchev–Trinajstić information content (AvgIpc) is 2.82. The highest BCUT2D eigenvalue weighted by atomic mass is 32.2. The van der Waals surface area contributed by atoms with Gasteiger partial charge in [0.1, 0.15) is 0 Å². The molecular weight excluding hydrogens is 338 g/mol. The first-order valence-corrected chi connectivity index (χ1v) is 10.4. The average molecular weight is 368 g/mol. The minimum Gasteiger partial charge on any atom is -0.351 e. The smallest absolute Gasteiger partial charge is 0.251 e. The van der Waals surface area contributed by atoms with Crippen molar-refractivity contribution in [3.63, 3.8) is 0 Å². The van der Waals surface area contributed by atoms with Gasteiger partial charge < -0.3 is 10.2 Å². The Hall–Kier alpha value is -1.44. The molecule has 0 aliphatic heterocycles. The van der Waals surface area contributed by atoms with Crippen molar-refractivity contribution in [1.29, 1.82) is 0 Å². The highest BCUT2D eigenvalue weighted by molar-refractivity contribution is 7.89. The number of nitrogens with zero attached hydrogens (tertiary/aromatic N) is 1. The van der Waals surface area contributed by atoms with Gasteiger partial charge in [-0.2, -0.15) is 0 Å². The zero-order valence-corrected chi connectivity index (χ0v) is 15.9. The number of likely N-dealkylation sites (N-methyl/N-ethyl adjacent to an activating group) is 1. The Morgan fingerprint density at radius 2 is 1.68 bits per heavy atom. The van der Waals surface area contributed by atoms with Gasteiger partial charge >= 0.3 is 0 Å². The fraction of sp³-hybridized carbons (Fsp3) is 0.611. The van der Waals surface area contributed by atoms with Gasteiger partial charge in [0.15, 0.2) is 0 Å². The Bertz CT molecular complexity index is 649. The molecule has 0 heterocycles. The Labute approximate surface area is 151 Å². The van der Waals surface area contributed by atoms with E-state index in [2.05, 4.69) is 10.0 Å². The standard InChI is InChI=1S/C18H29N3O3S/c1-21(2)14-13-19-18(22)15-9-11-17(12-10-15)25(23,24)20-16-7-5-3-4-6-8-16/h9-12,16,20H,3-8,13-14H2,1-2H3,(H,19,22). The van der Waals surface area contributed by atoms with Gasteiger partial charge in [-0.05, 0) is 51.2 Å². The molecule has 1 aliphatic carbocycles. The van der Waals surface area contributed by atoms with Crippen molar-refractivity contribution < 1.29 is 13.2 Å². The van der Waals surface area contributed by atoms with Crippen LogP contribution >= 0.6 is 0 Å². The molecule has 140 valence electrons. The van der Waals surface area contributed by atoms with E-state index in [1.807, 2.05) is 19.0 Å². The molecule has 1 aliphatic rings. The molecule has 2 N–H and O–H groups in total. The van der Waals surface area contributed by atoms with E-state index in [4.69, 9.17) is 0 Å². The van der Waals surface area contributed by atoms with E-state index in [1.165, 1.54) is 25.0 Å². The number of carbonyl (C=O) groups is 1. The molecule has 0 radical (unpaired) electrons. The monoisotopic (exact) mass is 367 g/mol. The molecule has 0 spiro atoms. The van der Waals surface area contributed by atoms with Gasteiger partial charge in [0.25, 0.3) is 5.91 Å². The van der Waals surface area contributed by atoms with Crippen molar-refractivity contribution in [3.05, 3.63) is 29.8 Å². The van der Waals surface area contributed by atoms with Crippen molar-refractivity contribution in [2.24, 2.45) is 0 Å². The summed E-state index contributed by atoms with van der Waals surface area (Å²) in [7, 11) is 0.340. The first-order chi connectivity index (χ1) is 11.9. The highest BCUT2D eigenvalue weighted by Crippen LogP contribution is 2.19. The minimum atomic E-state index is -3.54. The van der Waals surface area contributed by atoms with Crippen molar-refractivity contribution in [2.75, 3.05) is 27.2 Å². The summed E-state index contributed by atoms with van der Waals surface area (Å²) in [4.78, 5) is 14.2. The lowest BCUT2D eigenvalue weighted by atomic mass is 10.1. The number of amides is 1. The van der Waals surface area contributed by atoms with E-state index in [9.17, 15) is 13.2 Å². The summed E-state index contributed by atoms with van der Waals surface area (Å²) in [6.07, 6.45) is 6.28. The SMILES string of the molecule is CN(C)CCNC(=O)c1ccc(S(=O)(=O)NC2CCCCCC2)cc1. The van der Waals surface area contributed by atoms with Crippen LogP contribution in [0.5, 0.6) is 0 Å². The molecular formula is C18H29N3O3S. The Morgan fingerprint density at radius 1 is 1.08 bits per heavy atom. The van der Waals surface area contributed by atoms with Crippen molar-refractivity contribution in [1.82, 2.24) is 14.9 Å². The quantitative estimate of drug-likeness (QED) is 0.723. The molecule has 0 saturated heterocycles. The van der Waals surface area contributed by atoms with Crippen molar-refractivity contribution in [3.8, 4) is 0 Å². The fourth-order valence-corrected chi connectivity index (χ4v) is 4.27. The number of sulfonamides is 1. The van der Waals surface area contributed by atoms with Gasteiger partial charge in [0, 0.05) is 24.7 Å². The second-order valence-electron chi connectivity index (χ2n) is 6.89. The Morgan fingerprint density at radius 3 is 2.24 bits per heavy atom. The lowest BCUT2D eigenvalue weighted by Crippen LogP contribution is -2.34. The van der Waals surface area contributed by atoms with E-state index in [1.54, 1.807) is 12.1 Å². The maximum atomic E-state index is 12.5. The van der Waals surface area contributed by atoms with E-state index in [0.717, 1.165) is 32.2 Å². The van der Waals surface area contributed by atoms with Crippen LogP contribution in [-0.4, -0.2) is 52.5 Å². The second-order valence-corrected chi connectivity index (χ2v) is 8.61. The molecule has 0 bridgehead atoms. The number of nitrogens with one attached hydrogen (secondary N) is 2. The zero-order valence-electron chi connectivity index (χ0n) is 15.1. The van der Waals surface area contributed by atoms with Gasteiger partial charge in [-0.1, -0.05) is 25.7 Å². The molecule has 1 aromatic rings. The van der Waals surface area contributed by atoms with Crippen LogP contribution < -0.4 is 10.0 Å². The lowest BCUT2D eigenvalue weighted by molar-refractivity contribution is 0.0951. The fourth-order valence-electron chi connectivity index (χ4n) is 2.97. The van der Waals surface area contributed by atoms with Crippen molar-refractivity contribution in [2.45, 2.75) is 49.5 Å². The van der Waals surface area contributed by atoms with Crippen LogP contribution in [0.15, 0.2) is 29.2 Å². The summed E-state index contributed by atoms with van der Waals surface area (Å²) in [5.41, 5.74) is 0.465. The predicted octanol–water partition coefficient (Wildman–Crippen LogP) is 1.98. The maximum Gasteiger partial charge on any atom is 0.251 e. The van der Waals surface area contributed by atoms with E-state index in [0.29, 0.717) is 12.1 Å².